The normalized spacial score (nSPS) is 10.2. The predicted molar refractivity (Wildman–Crippen MR) is 64.5 cm³/mol. The Morgan fingerprint density at radius 3 is 1.67 bits per heavy atom. The van der Waals surface area contributed by atoms with Gasteiger partial charge in [0.05, 0.1) is 0 Å². The van der Waals surface area contributed by atoms with Crippen molar-refractivity contribution in [2.45, 2.75) is 17.3 Å². The van der Waals surface area contributed by atoms with Crippen LogP contribution in [0.5, 0.6) is 0 Å². The lowest BCUT2D eigenvalue weighted by Crippen LogP contribution is -1.94. The summed E-state index contributed by atoms with van der Waals surface area (Å²) < 4.78 is 0. The summed E-state index contributed by atoms with van der Waals surface area (Å²) in [5, 5.41) is 0. The summed E-state index contributed by atoms with van der Waals surface area (Å²) in [7, 11) is 0. The van der Waals surface area contributed by atoms with Gasteiger partial charge < -0.3 is 0 Å². The highest BCUT2D eigenvalue weighted by molar-refractivity contribution is 7.80. The number of benzene rings is 1. The molecule has 0 aliphatic carbocycles. The first-order valence-corrected chi connectivity index (χ1v) is 5.65. The van der Waals surface area contributed by atoms with Gasteiger partial charge in [-0.2, -0.15) is 37.9 Å². The Morgan fingerprint density at radius 1 is 0.833 bits per heavy atom. The van der Waals surface area contributed by atoms with Crippen LogP contribution in [0.15, 0.2) is 18.2 Å². The van der Waals surface area contributed by atoms with E-state index in [0.717, 1.165) is 17.3 Å². The first-order chi connectivity index (χ1) is 5.83. The fourth-order valence-electron chi connectivity index (χ4n) is 1.19. The number of rotatable bonds is 3. The molecule has 0 bridgehead atoms. The zero-order valence-electron chi connectivity index (χ0n) is 6.70. The van der Waals surface area contributed by atoms with E-state index < -0.39 is 0 Å². The van der Waals surface area contributed by atoms with Crippen LogP contribution in [0, 0.1) is 0 Å². The zero-order chi connectivity index (χ0) is 8.97. The Morgan fingerprint density at radius 2 is 1.33 bits per heavy atom. The van der Waals surface area contributed by atoms with Gasteiger partial charge in [0.1, 0.15) is 0 Å². The first-order valence-electron chi connectivity index (χ1n) is 3.75. The molecule has 0 amide bonds. The van der Waals surface area contributed by atoms with Crippen LogP contribution in [0.2, 0.25) is 0 Å². The maximum absolute atomic E-state index is 4.29. The quantitative estimate of drug-likeness (QED) is 0.636. The Bertz CT molecular complexity index is 236. The third-order valence-corrected chi connectivity index (χ3v) is 2.87. The topological polar surface area (TPSA) is 0 Å². The molecule has 0 heterocycles. The molecule has 1 rings (SSSR count). The minimum Gasteiger partial charge on any atom is -0.175 e. The maximum atomic E-state index is 4.29. The van der Waals surface area contributed by atoms with Crippen molar-refractivity contribution < 1.29 is 0 Å². The molecule has 66 valence electrons. The molecule has 3 heteroatoms. The highest BCUT2D eigenvalue weighted by atomic mass is 32.1. The van der Waals surface area contributed by atoms with Crippen LogP contribution in [-0.4, -0.2) is 0 Å². The van der Waals surface area contributed by atoms with Gasteiger partial charge >= 0.3 is 0 Å². The molecular formula is C9H12S3. The van der Waals surface area contributed by atoms with Crippen molar-refractivity contribution in [3.8, 4) is 0 Å². The molecule has 0 spiro atoms. The molecule has 0 atom stereocenters. The number of hydrogen-bond acceptors (Lipinski definition) is 3. The standard InChI is InChI=1S/C9H12S3/c10-4-7-2-1-3-8(5-11)9(7)6-12/h1-3,10-12H,4-6H2. The average Bonchev–Trinajstić information content (AvgIpc) is 2.16. The van der Waals surface area contributed by atoms with E-state index >= 15 is 0 Å². The summed E-state index contributed by atoms with van der Waals surface area (Å²) >= 11 is 12.8. The third kappa shape index (κ3) is 2.15. The molecule has 0 saturated heterocycles. The van der Waals surface area contributed by atoms with E-state index in [9.17, 15) is 0 Å². The van der Waals surface area contributed by atoms with Crippen molar-refractivity contribution in [2.75, 3.05) is 0 Å². The van der Waals surface area contributed by atoms with Crippen LogP contribution >= 0.6 is 37.9 Å². The van der Waals surface area contributed by atoms with Crippen LogP contribution in [-0.2, 0) is 17.3 Å². The minimum atomic E-state index is 0.770. The molecule has 12 heavy (non-hydrogen) atoms. The van der Waals surface area contributed by atoms with E-state index in [1.54, 1.807) is 0 Å². The second-order valence-electron chi connectivity index (χ2n) is 2.53. The highest BCUT2D eigenvalue weighted by Gasteiger charge is 2.03. The molecule has 0 unspecified atom stereocenters. The molecular weight excluding hydrogens is 204 g/mol. The fourth-order valence-corrected chi connectivity index (χ4v) is 2.19. The van der Waals surface area contributed by atoms with Crippen molar-refractivity contribution in [3.05, 3.63) is 34.9 Å². The lowest BCUT2D eigenvalue weighted by Gasteiger charge is -2.09. The molecule has 0 aromatic heterocycles. The molecule has 0 saturated carbocycles. The van der Waals surface area contributed by atoms with Crippen molar-refractivity contribution >= 4 is 37.9 Å². The van der Waals surface area contributed by atoms with Gasteiger partial charge in [-0.05, 0) is 16.7 Å². The van der Waals surface area contributed by atoms with Crippen LogP contribution in [0.1, 0.15) is 16.7 Å². The van der Waals surface area contributed by atoms with E-state index in [2.05, 4.69) is 50.0 Å². The molecule has 0 fully saturated rings. The van der Waals surface area contributed by atoms with Crippen LogP contribution in [0.4, 0.5) is 0 Å². The summed E-state index contributed by atoms with van der Waals surface area (Å²) in [5.74, 6) is 2.32. The van der Waals surface area contributed by atoms with E-state index in [-0.39, 0.29) is 0 Å². The van der Waals surface area contributed by atoms with Crippen molar-refractivity contribution in [1.82, 2.24) is 0 Å². The molecule has 0 nitrogen and oxygen atoms in total. The van der Waals surface area contributed by atoms with E-state index in [1.165, 1.54) is 16.7 Å². The molecule has 1 aromatic carbocycles. The Hall–Kier alpha value is 0.270. The SMILES string of the molecule is SCc1cccc(CS)c1CS. The second kappa shape index (κ2) is 5.10. The summed E-state index contributed by atoms with van der Waals surface area (Å²) in [6.07, 6.45) is 0. The van der Waals surface area contributed by atoms with E-state index in [0.29, 0.717) is 0 Å². The first kappa shape index (κ1) is 10.4. The van der Waals surface area contributed by atoms with Gasteiger partial charge in [-0.1, -0.05) is 18.2 Å². The average molecular weight is 216 g/mol. The highest BCUT2D eigenvalue weighted by Crippen LogP contribution is 2.20. The predicted octanol–water partition coefficient (Wildman–Crippen LogP) is 2.98. The van der Waals surface area contributed by atoms with Gasteiger partial charge in [0.25, 0.3) is 0 Å². The van der Waals surface area contributed by atoms with Gasteiger partial charge in [0.2, 0.25) is 0 Å². The summed E-state index contributed by atoms with van der Waals surface area (Å²) in [4.78, 5) is 0. The fraction of sp³-hybridized carbons (Fsp3) is 0.333. The van der Waals surface area contributed by atoms with Gasteiger partial charge in [-0.25, -0.2) is 0 Å². The Kier molecular flexibility index (Phi) is 4.40. The van der Waals surface area contributed by atoms with Crippen molar-refractivity contribution in [3.63, 3.8) is 0 Å². The van der Waals surface area contributed by atoms with Crippen molar-refractivity contribution in [1.29, 1.82) is 0 Å². The lowest BCUT2D eigenvalue weighted by molar-refractivity contribution is 1.22. The van der Waals surface area contributed by atoms with Gasteiger partial charge in [0, 0.05) is 17.3 Å². The monoisotopic (exact) mass is 216 g/mol. The molecule has 1 aromatic rings. The maximum Gasteiger partial charge on any atom is 0.0160 e. The van der Waals surface area contributed by atoms with E-state index in [1.807, 2.05) is 6.07 Å². The van der Waals surface area contributed by atoms with Crippen LogP contribution < -0.4 is 0 Å². The second-order valence-corrected chi connectivity index (χ2v) is 3.48. The van der Waals surface area contributed by atoms with E-state index in [4.69, 9.17) is 0 Å². The Labute approximate surface area is 90.0 Å². The number of thiol groups is 3. The Balaban J connectivity index is 3.13. The minimum absolute atomic E-state index is 0.770. The van der Waals surface area contributed by atoms with Gasteiger partial charge in [0.15, 0.2) is 0 Å². The zero-order valence-corrected chi connectivity index (χ0v) is 9.38. The lowest BCUT2D eigenvalue weighted by atomic mass is 10.0. The van der Waals surface area contributed by atoms with Crippen LogP contribution in [0.25, 0.3) is 0 Å². The smallest absolute Gasteiger partial charge is 0.0160 e. The molecule has 0 N–H and O–H groups in total. The summed E-state index contributed by atoms with van der Waals surface area (Å²) in [6, 6.07) is 6.22. The summed E-state index contributed by atoms with van der Waals surface area (Å²) in [6.45, 7) is 0. The van der Waals surface area contributed by atoms with Gasteiger partial charge in [-0.15, -0.1) is 0 Å². The molecule has 0 aliphatic heterocycles. The molecule has 0 aliphatic rings. The third-order valence-electron chi connectivity index (χ3n) is 1.87. The van der Waals surface area contributed by atoms with Gasteiger partial charge in [-0.3, -0.25) is 0 Å². The number of hydrogen-bond donors (Lipinski definition) is 3. The largest absolute Gasteiger partial charge is 0.175 e. The molecule has 0 radical (unpaired) electrons. The van der Waals surface area contributed by atoms with Crippen LogP contribution in [0.3, 0.4) is 0 Å². The summed E-state index contributed by atoms with van der Waals surface area (Å²) in [5.41, 5.74) is 3.81. The van der Waals surface area contributed by atoms with Crippen molar-refractivity contribution in [2.24, 2.45) is 0 Å².